The van der Waals surface area contributed by atoms with Crippen molar-refractivity contribution in [2.75, 3.05) is 0 Å². The first-order chi connectivity index (χ1) is 12.8. The maximum atomic E-state index is 13.4. The van der Waals surface area contributed by atoms with E-state index in [1.807, 2.05) is 26.8 Å². The van der Waals surface area contributed by atoms with Gasteiger partial charge in [-0.15, -0.1) is 0 Å². The average molecular weight is 406 g/mol. The second-order valence-corrected chi connectivity index (χ2v) is 7.37. The van der Waals surface area contributed by atoms with E-state index in [9.17, 15) is 9.18 Å². The van der Waals surface area contributed by atoms with Gasteiger partial charge in [-0.3, -0.25) is 14.3 Å². The topological polar surface area (TPSA) is 47.8 Å². The Morgan fingerprint density at radius 3 is 2.59 bits per heavy atom. The molecule has 0 radical (unpaired) electrons. The average Bonchev–Trinajstić information content (AvgIpc) is 2.61. The molecule has 7 heteroatoms. The first-order valence-corrected chi connectivity index (χ1v) is 9.17. The standard InChI is InChI=1S/C20H18Cl2FN3O/c1-11(4-14-6-15(23)10-24-9-14)16-5-13(3)26(20(27)19(16)22)17-7-18(21)25-8-12(17)2/h5-11H,4H2,1-3H3/t11-/m1/s1. The van der Waals surface area contributed by atoms with Gasteiger partial charge in [0.05, 0.1) is 11.9 Å². The minimum Gasteiger partial charge on any atom is -0.280 e. The van der Waals surface area contributed by atoms with Crippen LogP contribution in [-0.2, 0) is 6.42 Å². The molecule has 0 aliphatic heterocycles. The van der Waals surface area contributed by atoms with E-state index in [4.69, 9.17) is 23.2 Å². The summed E-state index contributed by atoms with van der Waals surface area (Å²) in [4.78, 5) is 20.9. The van der Waals surface area contributed by atoms with Gasteiger partial charge in [-0.2, -0.15) is 0 Å². The Kier molecular flexibility index (Phi) is 5.63. The highest BCUT2D eigenvalue weighted by Crippen LogP contribution is 2.28. The molecule has 0 saturated carbocycles. The quantitative estimate of drug-likeness (QED) is 0.571. The number of hydrogen-bond donors (Lipinski definition) is 0. The van der Waals surface area contributed by atoms with E-state index >= 15 is 0 Å². The molecule has 0 unspecified atom stereocenters. The lowest BCUT2D eigenvalue weighted by Crippen LogP contribution is -2.24. The maximum Gasteiger partial charge on any atom is 0.274 e. The van der Waals surface area contributed by atoms with E-state index in [2.05, 4.69) is 9.97 Å². The first kappa shape index (κ1) is 19.5. The molecule has 0 aliphatic rings. The van der Waals surface area contributed by atoms with Crippen molar-refractivity contribution >= 4 is 23.2 Å². The Hall–Kier alpha value is -2.24. The predicted molar refractivity (Wildman–Crippen MR) is 106 cm³/mol. The number of aromatic nitrogens is 3. The molecule has 3 rings (SSSR count). The molecule has 0 saturated heterocycles. The van der Waals surface area contributed by atoms with Crippen LogP contribution in [0.4, 0.5) is 4.39 Å². The summed E-state index contributed by atoms with van der Waals surface area (Å²) in [5.41, 5.74) is 3.34. The third kappa shape index (κ3) is 4.04. The molecule has 3 heterocycles. The van der Waals surface area contributed by atoms with E-state index in [-0.39, 0.29) is 22.3 Å². The highest BCUT2D eigenvalue weighted by atomic mass is 35.5. The van der Waals surface area contributed by atoms with Crippen molar-refractivity contribution in [3.8, 4) is 5.69 Å². The van der Waals surface area contributed by atoms with Gasteiger partial charge in [0.25, 0.3) is 5.56 Å². The molecule has 0 amide bonds. The van der Waals surface area contributed by atoms with Crippen molar-refractivity contribution in [3.05, 3.63) is 85.5 Å². The lowest BCUT2D eigenvalue weighted by molar-refractivity contribution is 0.615. The largest absolute Gasteiger partial charge is 0.280 e. The summed E-state index contributed by atoms with van der Waals surface area (Å²) in [6.07, 6.45) is 4.91. The summed E-state index contributed by atoms with van der Waals surface area (Å²) in [5, 5.41) is 0.443. The van der Waals surface area contributed by atoms with E-state index in [1.54, 1.807) is 18.5 Å². The van der Waals surface area contributed by atoms with Gasteiger partial charge in [-0.25, -0.2) is 9.37 Å². The molecular weight excluding hydrogens is 388 g/mol. The van der Waals surface area contributed by atoms with Crippen LogP contribution >= 0.6 is 23.2 Å². The van der Waals surface area contributed by atoms with E-state index in [0.29, 0.717) is 17.3 Å². The van der Waals surface area contributed by atoms with Crippen LogP contribution in [0.25, 0.3) is 5.69 Å². The maximum absolute atomic E-state index is 13.4. The summed E-state index contributed by atoms with van der Waals surface area (Å²) < 4.78 is 14.9. The van der Waals surface area contributed by atoms with Crippen LogP contribution in [0.2, 0.25) is 10.2 Å². The molecule has 4 nitrogen and oxygen atoms in total. The molecule has 0 aliphatic carbocycles. The van der Waals surface area contributed by atoms with Crippen molar-refractivity contribution in [3.63, 3.8) is 0 Å². The van der Waals surface area contributed by atoms with Crippen LogP contribution in [-0.4, -0.2) is 14.5 Å². The molecule has 1 atom stereocenters. The second kappa shape index (κ2) is 7.79. The van der Waals surface area contributed by atoms with Crippen LogP contribution in [0.5, 0.6) is 0 Å². The van der Waals surface area contributed by atoms with Crippen LogP contribution in [0.15, 0.2) is 41.6 Å². The zero-order valence-electron chi connectivity index (χ0n) is 15.1. The molecule has 0 aromatic carbocycles. The molecule has 3 aromatic rings. The fraction of sp³-hybridized carbons (Fsp3) is 0.250. The fourth-order valence-electron chi connectivity index (χ4n) is 3.15. The molecular formula is C20H18Cl2FN3O. The highest BCUT2D eigenvalue weighted by Gasteiger charge is 2.19. The number of aryl methyl sites for hydroxylation is 2. The van der Waals surface area contributed by atoms with Gasteiger partial charge in [0.15, 0.2) is 0 Å². The lowest BCUT2D eigenvalue weighted by atomic mass is 9.94. The molecule has 140 valence electrons. The zero-order valence-corrected chi connectivity index (χ0v) is 16.6. The summed E-state index contributed by atoms with van der Waals surface area (Å²) >= 11 is 12.4. The molecule has 0 spiro atoms. The third-order valence-corrected chi connectivity index (χ3v) is 5.06. The van der Waals surface area contributed by atoms with Crippen molar-refractivity contribution in [1.82, 2.24) is 14.5 Å². The number of hydrogen-bond acceptors (Lipinski definition) is 3. The van der Waals surface area contributed by atoms with E-state index < -0.39 is 0 Å². The van der Waals surface area contributed by atoms with Crippen LogP contribution in [0, 0.1) is 19.7 Å². The molecule has 27 heavy (non-hydrogen) atoms. The molecule has 0 bridgehead atoms. The molecule has 0 N–H and O–H groups in total. The minimum absolute atomic E-state index is 0.0794. The summed E-state index contributed by atoms with van der Waals surface area (Å²) in [6.45, 7) is 5.64. The van der Waals surface area contributed by atoms with E-state index in [1.165, 1.54) is 10.6 Å². The van der Waals surface area contributed by atoms with Gasteiger partial charge in [-0.05, 0) is 61.1 Å². The first-order valence-electron chi connectivity index (χ1n) is 8.42. The Bertz CT molecular complexity index is 1070. The highest BCUT2D eigenvalue weighted by molar-refractivity contribution is 6.31. The van der Waals surface area contributed by atoms with Gasteiger partial charge in [0.2, 0.25) is 0 Å². The van der Waals surface area contributed by atoms with Crippen molar-refractivity contribution < 1.29 is 4.39 Å². The number of pyridine rings is 3. The molecule has 0 fully saturated rings. The zero-order chi connectivity index (χ0) is 19.7. The van der Waals surface area contributed by atoms with Gasteiger partial charge in [0, 0.05) is 18.1 Å². The lowest BCUT2D eigenvalue weighted by Gasteiger charge is -2.19. The Balaban J connectivity index is 2.05. The Labute approximate surface area is 166 Å². The normalized spacial score (nSPS) is 12.2. The second-order valence-electron chi connectivity index (χ2n) is 6.61. The van der Waals surface area contributed by atoms with Gasteiger partial charge in [0.1, 0.15) is 16.0 Å². The smallest absolute Gasteiger partial charge is 0.274 e. The van der Waals surface area contributed by atoms with Gasteiger partial charge in [-0.1, -0.05) is 30.1 Å². The van der Waals surface area contributed by atoms with E-state index in [0.717, 1.165) is 28.6 Å². The number of halogens is 3. The minimum atomic E-state index is -0.387. The van der Waals surface area contributed by atoms with Crippen LogP contribution in [0.1, 0.15) is 35.2 Å². The van der Waals surface area contributed by atoms with Gasteiger partial charge < -0.3 is 0 Å². The fourth-order valence-corrected chi connectivity index (χ4v) is 3.63. The number of rotatable bonds is 4. The Morgan fingerprint density at radius 1 is 1.15 bits per heavy atom. The third-order valence-electron chi connectivity index (χ3n) is 4.48. The van der Waals surface area contributed by atoms with Crippen LogP contribution in [0.3, 0.4) is 0 Å². The monoisotopic (exact) mass is 405 g/mol. The summed E-state index contributed by atoms with van der Waals surface area (Å²) in [6, 6.07) is 4.96. The summed E-state index contributed by atoms with van der Waals surface area (Å²) in [5.74, 6) is -0.466. The Morgan fingerprint density at radius 2 is 1.89 bits per heavy atom. The predicted octanol–water partition coefficient (Wildman–Crippen LogP) is 5.04. The molecule has 3 aromatic heterocycles. The van der Waals surface area contributed by atoms with Crippen molar-refractivity contribution in [2.45, 2.75) is 33.1 Å². The van der Waals surface area contributed by atoms with Gasteiger partial charge >= 0.3 is 0 Å². The van der Waals surface area contributed by atoms with Crippen LogP contribution < -0.4 is 5.56 Å². The van der Waals surface area contributed by atoms with Crippen molar-refractivity contribution in [2.24, 2.45) is 0 Å². The number of nitrogens with zero attached hydrogens (tertiary/aromatic N) is 3. The SMILES string of the molecule is Cc1cnc(Cl)cc1-n1c(C)cc([C@H](C)Cc2cncc(F)c2)c(Cl)c1=O. The van der Waals surface area contributed by atoms with Crippen molar-refractivity contribution in [1.29, 1.82) is 0 Å². The summed E-state index contributed by atoms with van der Waals surface area (Å²) in [7, 11) is 0.